The van der Waals surface area contributed by atoms with Crippen molar-refractivity contribution in [1.82, 2.24) is 14.4 Å². The van der Waals surface area contributed by atoms with E-state index in [0.29, 0.717) is 44.3 Å². The van der Waals surface area contributed by atoms with Crippen LogP contribution in [0.4, 0.5) is 4.39 Å². The molecule has 0 radical (unpaired) electrons. The standard InChI is InChI=1S/C18H21ClFN3O5S/c19-14-10-13(3-4-15(14)20)29(24,25)23-7-5-12(6-8-23)27-11-17-21-18(28-22-17)16-2-1-9-26-16/h3-4,10,12,16H,1-2,5-9,11H2. The highest BCUT2D eigenvalue weighted by atomic mass is 35.5. The average molecular weight is 446 g/mol. The van der Waals surface area contributed by atoms with Crippen LogP contribution < -0.4 is 0 Å². The van der Waals surface area contributed by atoms with Crippen LogP contribution in [0.25, 0.3) is 0 Å². The minimum absolute atomic E-state index is 0.0169. The maximum absolute atomic E-state index is 13.3. The van der Waals surface area contributed by atoms with Gasteiger partial charge in [-0.3, -0.25) is 0 Å². The Bertz CT molecular complexity index is 956. The second kappa shape index (κ2) is 8.65. The Morgan fingerprint density at radius 1 is 1.28 bits per heavy atom. The second-order valence-electron chi connectivity index (χ2n) is 7.04. The molecule has 2 aliphatic rings. The molecule has 0 saturated carbocycles. The molecule has 1 unspecified atom stereocenters. The Balaban J connectivity index is 1.29. The molecule has 2 saturated heterocycles. The van der Waals surface area contributed by atoms with Gasteiger partial charge in [0.05, 0.1) is 16.0 Å². The van der Waals surface area contributed by atoms with Gasteiger partial charge >= 0.3 is 0 Å². The van der Waals surface area contributed by atoms with E-state index in [9.17, 15) is 12.8 Å². The SMILES string of the molecule is O=S(=O)(c1ccc(F)c(Cl)c1)N1CCC(OCc2noc(C3CCCO3)n2)CC1. The molecule has 2 fully saturated rings. The summed E-state index contributed by atoms with van der Waals surface area (Å²) in [6.45, 7) is 1.50. The summed E-state index contributed by atoms with van der Waals surface area (Å²) in [4.78, 5) is 4.29. The van der Waals surface area contributed by atoms with Crippen molar-refractivity contribution in [3.8, 4) is 0 Å². The van der Waals surface area contributed by atoms with Crippen LogP contribution in [0.2, 0.25) is 5.02 Å². The summed E-state index contributed by atoms with van der Waals surface area (Å²) < 4.78 is 56.7. The molecule has 0 N–H and O–H groups in total. The molecule has 11 heteroatoms. The minimum atomic E-state index is -3.72. The fourth-order valence-corrected chi connectivity index (χ4v) is 5.19. The third-order valence-electron chi connectivity index (χ3n) is 5.07. The van der Waals surface area contributed by atoms with Gasteiger partial charge in [0.25, 0.3) is 5.89 Å². The predicted octanol–water partition coefficient (Wildman–Crippen LogP) is 3.08. The van der Waals surface area contributed by atoms with Crippen LogP contribution in [0.1, 0.15) is 43.5 Å². The predicted molar refractivity (Wildman–Crippen MR) is 100 cm³/mol. The number of halogens is 2. The lowest BCUT2D eigenvalue weighted by Crippen LogP contribution is -2.40. The number of piperidine rings is 1. The van der Waals surface area contributed by atoms with E-state index in [0.717, 1.165) is 25.0 Å². The van der Waals surface area contributed by atoms with Crippen LogP contribution in [0.3, 0.4) is 0 Å². The van der Waals surface area contributed by atoms with E-state index in [2.05, 4.69) is 10.1 Å². The normalized spacial score (nSPS) is 21.7. The average Bonchev–Trinajstić information content (AvgIpc) is 3.40. The number of benzene rings is 1. The van der Waals surface area contributed by atoms with E-state index in [1.54, 1.807) is 0 Å². The van der Waals surface area contributed by atoms with Crippen molar-refractivity contribution in [2.45, 2.75) is 49.4 Å². The summed E-state index contributed by atoms with van der Waals surface area (Å²) >= 11 is 5.72. The van der Waals surface area contributed by atoms with Crippen molar-refractivity contribution in [2.24, 2.45) is 0 Å². The summed E-state index contributed by atoms with van der Waals surface area (Å²) in [7, 11) is -3.72. The van der Waals surface area contributed by atoms with Crippen molar-refractivity contribution in [1.29, 1.82) is 0 Å². The van der Waals surface area contributed by atoms with Crippen LogP contribution >= 0.6 is 11.6 Å². The molecule has 0 amide bonds. The number of rotatable bonds is 6. The molecule has 1 atom stereocenters. The van der Waals surface area contributed by atoms with Crippen molar-refractivity contribution in [2.75, 3.05) is 19.7 Å². The van der Waals surface area contributed by atoms with E-state index in [1.807, 2.05) is 0 Å². The molecule has 4 rings (SSSR count). The molecule has 158 valence electrons. The van der Waals surface area contributed by atoms with Crippen LogP contribution in [-0.4, -0.2) is 48.7 Å². The Hall–Kier alpha value is -1.59. The van der Waals surface area contributed by atoms with Gasteiger partial charge in [-0.05, 0) is 43.9 Å². The van der Waals surface area contributed by atoms with Gasteiger partial charge in [-0.25, -0.2) is 12.8 Å². The van der Waals surface area contributed by atoms with E-state index in [1.165, 1.54) is 10.4 Å². The first-order valence-electron chi connectivity index (χ1n) is 9.44. The zero-order chi connectivity index (χ0) is 20.4. The fourth-order valence-electron chi connectivity index (χ4n) is 3.45. The zero-order valence-electron chi connectivity index (χ0n) is 15.6. The highest BCUT2D eigenvalue weighted by Gasteiger charge is 2.30. The Morgan fingerprint density at radius 2 is 2.07 bits per heavy atom. The molecule has 29 heavy (non-hydrogen) atoms. The molecule has 2 aliphatic heterocycles. The summed E-state index contributed by atoms with van der Waals surface area (Å²) in [6, 6.07) is 3.42. The molecule has 8 nitrogen and oxygen atoms in total. The molecular formula is C18H21ClFN3O5S. The van der Waals surface area contributed by atoms with Gasteiger partial charge in [0.15, 0.2) is 5.82 Å². The summed E-state index contributed by atoms with van der Waals surface area (Å²) in [5.74, 6) is 0.272. The largest absolute Gasteiger partial charge is 0.370 e. The molecule has 2 aromatic rings. The van der Waals surface area contributed by atoms with Crippen molar-refractivity contribution in [3.63, 3.8) is 0 Å². The highest BCUT2D eigenvalue weighted by Crippen LogP contribution is 2.28. The maximum Gasteiger partial charge on any atom is 0.255 e. The zero-order valence-corrected chi connectivity index (χ0v) is 17.2. The Labute approximate surface area is 173 Å². The van der Waals surface area contributed by atoms with Gasteiger partial charge < -0.3 is 14.0 Å². The minimum Gasteiger partial charge on any atom is -0.370 e. The molecule has 1 aromatic heterocycles. The van der Waals surface area contributed by atoms with Gasteiger partial charge in [0, 0.05) is 19.7 Å². The molecule has 3 heterocycles. The molecular weight excluding hydrogens is 425 g/mol. The number of ether oxygens (including phenoxy) is 2. The number of nitrogens with zero attached hydrogens (tertiary/aromatic N) is 3. The fraction of sp³-hybridized carbons (Fsp3) is 0.556. The van der Waals surface area contributed by atoms with Crippen LogP contribution in [-0.2, 0) is 26.1 Å². The molecule has 0 bridgehead atoms. The van der Waals surface area contributed by atoms with E-state index >= 15 is 0 Å². The highest BCUT2D eigenvalue weighted by molar-refractivity contribution is 7.89. The van der Waals surface area contributed by atoms with Gasteiger partial charge in [0.2, 0.25) is 10.0 Å². The summed E-state index contributed by atoms with van der Waals surface area (Å²) in [6.07, 6.45) is 2.67. The van der Waals surface area contributed by atoms with Crippen molar-refractivity contribution in [3.05, 3.63) is 40.8 Å². The quantitative estimate of drug-likeness (QED) is 0.674. The topological polar surface area (TPSA) is 94.8 Å². The number of hydrogen-bond donors (Lipinski definition) is 0. The van der Waals surface area contributed by atoms with E-state index in [4.69, 9.17) is 25.6 Å². The van der Waals surface area contributed by atoms with E-state index < -0.39 is 15.8 Å². The third kappa shape index (κ3) is 4.61. The maximum atomic E-state index is 13.3. The van der Waals surface area contributed by atoms with Crippen molar-refractivity contribution >= 4 is 21.6 Å². The monoisotopic (exact) mass is 445 g/mol. The van der Waals surface area contributed by atoms with Gasteiger partial charge in [0.1, 0.15) is 18.5 Å². The first-order valence-corrected chi connectivity index (χ1v) is 11.3. The van der Waals surface area contributed by atoms with Gasteiger partial charge in [-0.15, -0.1) is 0 Å². The van der Waals surface area contributed by atoms with Gasteiger partial charge in [-0.2, -0.15) is 9.29 Å². The van der Waals surface area contributed by atoms with Crippen LogP contribution in [0.15, 0.2) is 27.6 Å². The Kier molecular flexibility index (Phi) is 6.16. The number of aromatic nitrogens is 2. The summed E-state index contributed by atoms with van der Waals surface area (Å²) in [5.41, 5.74) is 0. The smallest absolute Gasteiger partial charge is 0.255 e. The first-order chi connectivity index (χ1) is 13.9. The lowest BCUT2D eigenvalue weighted by atomic mass is 10.1. The third-order valence-corrected chi connectivity index (χ3v) is 7.25. The second-order valence-corrected chi connectivity index (χ2v) is 9.39. The lowest BCUT2D eigenvalue weighted by Gasteiger charge is -2.31. The molecule has 0 aliphatic carbocycles. The number of sulfonamides is 1. The molecule has 0 spiro atoms. The summed E-state index contributed by atoms with van der Waals surface area (Å²) in [5, 5.41) is 3.70. The van der Waals surface area contributed by atoms with Crippen LogP contribution in [0.5, 0.6) is 0 Å². The molecule has 1 aromatic carbocycles. The van der Waals surface area contributed by atoms with Gasteiger partial charge in [-0.1, -0.05) is 16.8 Å². The Morgan fingerprint density at radius 3 is 2.76 bits per heavy atom. The van der Waals surface area contributed by atoms with Crippen LogP contribution in [0, 0.1) is 5.82 Å². The lowest BCUT2D eigenvalue weighted by molar-refractivity contribution is 0.00637. The van der Waals surface area contributed by atoms with Crippen molar-refractivity contribution < 1.29 is 26.8 Å². The van der Waals surface area contributed by atoms with E-state index in [-0.39, 0.29) is 28.7 Å². The first kappa shape index (κ1) is 20.7. The number of hydrogen-bond acceptors (Lipinski definition) is 7.